The maximum absolute atomic E-state index is 7.88. The van der Waals surface area contributed by atoms with Crippen LogP contribution in [0.15, 0.2) is 0 Å². The van der Waals surface area contributed by atoms with E-state index in [0.29, 0.717) is 6.61 Å². The van der Waals surface area contributed by atoms with Gasteiger partial charge in [0.15, 0.2) is 5.79 Å². The summed E-state index contributed by atoms with van der Waals surface area (Å²) >= 11 is 0. The normalized spacial score (nSPS) is 20.0. The SMILES string of the molecule is CCC1(C)OCCO1.CCCO. The highest BCUT2D eigenvalue weighted by Gasteiger charge is 2.27. The van der Waals surface area contributed by atoms with Crippen molar-refractivity contribution in [1.29, 1.82) is 0 Å². The maximum atomic E-state index is 7.88. The molecule has 3 heteroatoms. The Morgan fingerprint density at radius 3 is 1.83 bits per heavy atom. The summed E-state index contributed by atoms with van der Waals surface area (Å²) in [7, 11) is 0. The van der Waals surface area contributed by atoms with Gasteiger partial charge in [-0.15, -0.1) is 0 Å². The van der Waals surface area contributed by atoms with Crippen molar-refractivity contribution in [2.75, 3.05) is 19.8 Å². The van der Waals surface area contributed by atoms with Gasteiger partial charge in [0.2, 0.25) is 0 Å². The molecule has 1 saturated heterocycles. The fourth-order valence-corrected chi connectivity index (χ4v) is 0.761. The molecule has 1 aliphatic rings. The molecule has 0 saturated carbocycles. The van der Waals surface area contributed by atoms with Crippen molar-refractivity contribution in [1.82, 2.24) is 0 Å². The zero-order valence-electron chi connectivity index (χ0n) is 8.30. The summed E-state index contributed by atoms with van der Waals surface area (Å²) in [5.41, 5.74) is 0. The molecule has 0 atom stereocenters. The molecule has 1 rings (SSSR count). The molecule has 0 bridgehead atoms. The Morgan fingerprint density at radius 1 is 1.25 bits per heavy atom. The molecule has 1 aliphatic heterocycles. The highest BCUT2D eigenvalue weighted by Crippen LogP contribution is 2.21. The van der Waals surface area contributed by atoms with Crippen LogP contribution in [0.2, 0.25) is 0 Å². The Kier molecular flexibility index (Phi) is 6.34. The van der Waals surface area contributed by atoms with E-state index in [0.717, 1.165) is 26.1 Å². The Morgan fingerprint density at radius 2 is 1.67 bits per heavy atom. The average molecular weight is 176 g/mol. The molecule has 0 aromatic heterocycles. The van der Waals surface area contributed by atoms with Crippen LogP contribution in [0.5, 0.6) is 0 Å². The Hall–Kier alpha value is -0.120. The summed E-state index contributed by atoms with van der Waals surface area (Å²) in [6, 6.07) is 0. The quantitative estimate of drug-likeness (QED) is 0.693. The molecule has 1 heterocycles. The number of rotatable bonds is 2. The van der Waals surface area contributed by atoms with Gasteiger partial charge in [0.05, 0.1) is 13.2 Å². The molecule has 3 nitrogen and oxygen atoms in total. The molecule has 74 valence electrons. The first-order chi connectivity index (χ1) is 5.68. The van der Waals surface area contributed by atoms with Gasteiger partial charge in [0, 0.05) is 6.61 Å². The van der Waals surface area contributed by atoms with Crippen LogP contribution < -0.4 is 0 Å². The van der Waals surface area contributed by atoms with Crippen molar-refractivity contribution in [3.05, 3.63) is 0 Å². The average Bonchev–Trinajstić information content (AvgIpc) is 2.54. The van der Waals surface area contributed by atoms with E-state index in [1.807, 2.05) is 13.8 Å². The van der Waals surface area contributed by atoms with Gasteiger partial charge in [0.1, 0.15) is 0 Å². The molecular weight excluding hydrogens is 156 g/mol. The number of aliphatic hydroxyl groups is 1. The molecule has 1 N–H and O–H groups in total. The van der Waals surface area contributed by atoms with Gasteiger partial charge in [-0.1, -0.05) is 13.8 Å². The lowest BCUT2D eigenvalue weighted by Gasteiger charge is -2.18. The molecule has 0 unspecified atom stereocenters. The van der Waals surface area contributed by atoms with E-state index >= 15 is 0 Å². The van der Waals surface area contributed by atoms with Crippen LogP contribution in [0.3, 0.4) is 0 Å². The van der Waals surface area contributed by atoms with E-state index in [9.17, 15) is 0 Å². The number of hydrogen-bond acceptors (Lipinski definition) is 3. The Labute approximate surface area is 74.7 Å². The summed E-state index contributed by atoms with van der Waals surface area (Å²) in [5, 5.41) is 7.88. The minimum atomic E-state index is -0.264. The van der Waals surface area contributed by atoms with Crippen molar-refractivity contribution in [2.45, 2.75) is 39.4 Å². The maximum Gasteiger partial charge on any atom is 0.165 e. The van der Waals surface area contributed by atoms with Gasteiger partial charge < -0.3 is 14.6 Å². The van der Waals surface area contributed by atoms with Gasteiger partial charge in [-0.2, -0.15) is 0 Å². The highest BCUT2D eigenvalue weighted by atomic mass is 16.7. The lowest BCUT2D eigenvalue weighted by atomic mass is 10.2. The van der Waals surface area contributed by atoms with E-state index in [4.69, 9.17) is 14.6 Å². The van der Waals surface area contributed by atoms with Crippen LogP contribution in [-0.2, 0) is 9.47 Å². The van der Waals surface area contributed by atoms with E-state index in [1.54, 1.807) is 0 Å². The van der Waals surface area contributed by atoms with Gasteiger partial charge in [-0.3, -0.25) is 0 Å². The van der Waals surface area contributed by atoms with Crippen molar-refractivity contribution < 1.29 is 14.6 Å². The monoisotopic (exact) mass is 176 g/mol. The van der Waals surface area contributed by atoms with Gasteiger partial charge in [0.25, 0.3) is 0 Å². The first-order valence-electron chi connectivity index (χ1n) is 4.57. The van der Waals surface area contributed by atoms with Crippen LogP contribution in [0, 0.1) is 0 Å². The van der Waals surface area contributed by atoms with Crippen molar-refractivity contribution in [2.24, 2.45) is 0 Å². The third-order valence-electron chi connectivity index (χ3n) is 1.76. The van der Waals surface area contributed by atoms with Crippen molar-refractivity contribution >= 4 is 0 Å². The summed E-state index contributed by atoms with van der Waals surface area (Å²) in [5.74, 6) is -0.264. The van der Waals surface area contributed by atoms with E-state index < -0.39 is 0 Å². The lowest BCUT2D eigenvalue weighted by molar-refractivity contribution is -0.143. The molecule has 1 fully saturated rings. The van der Waals surface area contributed by atoms with Gasteiger partial charge >= 0.3 is 0 Å². The third-order valence-corrected chi connectivity index (χ3v) is 1.76. The standard InChI is InChI=1S/C6H12O2.C3H8O/c1-3-6(2)7-4-5-8-6;1-2-3-4/h3-5H2,1-2H3;4H,2-3H2,1H3. The second kappa shape index (κ2) is 6.40. The predicted molar refractivity (Wildman–Crippen MR) is 48.0 cm³/mol. The summed E-state index contributed by atoms with van der Waals surface area (Å²) < 4.78 is 10.5. The van der Waals surface area contributed by atoms with Crippen molar-refractivity contribution in [3.8, 4) is 0 Å². The van der Waals surface area contributed by atoms with E-state index in [2.05, 4.69) is 6.92 Å². The zero-order valence-corrected chi connectivity index (χ0v) is 8.30. The second-order valence-electron chi connectivity index (χ2n) is 2.91. The number of hydrogen-bond donors (Lipinski definition) is 1. The largest absolute Gasteiger partial charge is 0.396 e. The Balaban J connectivity index is 0.000000261. The molecule has 0 spiro atoms. The van der Waals surface area contributed by atoms with Crippen LogP contribution in [-0.4, -0.2) is 30.7 Å². The number of aliphatic hydroxyl groups excluding tert-OH is 1. The first-order valence-corrected chi connectivity index (χ1v) is 4.57. The van der Waals surface area contributed by atoms with E-state index in [1.165, 1.54) is 0 Å². The Bertz CT molecular complexity index is 95.9. The first kappa shape index (κ1) is 11.9. The summed E-state index contributed by atoms with van der Waals surface area (Å²) in [4.78, 5) is 0. The van der Waals surface area contributed by atoms with E-state index in [-0.39, 0.29) is 5.79 Å². The fourth-order valence-electron chi connectivity index (χ4n) is 0.761. The fraction of sp³-hybridized carbons (Fsp3) is 1.00. The zero-order chi connectivity index (χ0) is 9.45. The minimum Gasteiger partial charge on any atom is -0.396 e. The van der Waals surface area contributed by atoms with Crippen LogP contribution in [0.1, 0.15) is 33.6 Å². The molecule has 12 heavy (non-hydrogen) atoms. The molecule has 0 amide bonds. The number of ether oxygens (including phenoxy) is 2. The minimum absolute atomic E-state index is 0.264. The summed E-state index contributed by atoms with van der Waals surface area (Å²) in [6.07, 6.45) is 1.81. The van der Waals surface area contributed by atoms with Gasteiger partial charge in [-0.25, -0.2) is 0 Å². The lowest BCUT2D eigenvalue weighted by Crippen LogP contribution is -2.23. The molecular formula is C9H20O3. The smallest absolute Gasteiger partial charge is 0.165 e. The molecule has 0 radical (unpaired) electrons. The molecule has 0 aromatic carbocycles. The van der Waals surface area contributed by atoms with Crippen LogP contribution >= 0.6 is 0 Å². The van der Waals surface area contributed by atoms with Crippen molar-refractivity contribution in [3.63, 3.8) is 0 Å². The van der Waals surface area contributed by atoms with Gasteiger partial charge in [-0.05, 0) is 19.8 Å². The third kappa shape index (κ3) is 4.70. The molecule has 0 aromatic rings. The topological polar surface area (TPSA) is 38.7 Å². The highest BCUT2D eigenvalue weighted by molar-refractivity contribution is 4.64. The van der Waals surface area contributed by atoms with Crippen LogP contribution in [0.25, 0.3) is 0 Å². The molecule has 0 aliphatic carbocycles. The van der Waals surface area contributed by atoms with Crippen LogP contribution in [0.4, 0.5) is 0 Å². The summed E-state index contributed by atoms with van der Waals surface area (Å²) in [6.45, 7) is 7.79. The predicted octanol–water partition coefficient (Wildman–Crippen LogP) is 1.55. The second-order valence-corrected chi connectivity index (χ2v) is 2.91.